The zero-order chi connectivity index (χ0) is 15.5. The van der Waals surface area contributed by atoms with Gasteiger partial charge in [-0.2, -0.15) is 0 Å². The van der Waals surface area contributed by atoms with Crippen LogP contribution in [0.3, 0.4) is 0 Å². The standard InChI is InChI=1S/C17H20ClNO2/c1-17(2)9-3-6-14(17)16(21)19-15-11-13(18)8-7-12(15)5-4-10-20/h7-8,11,14,20H,3,6,9-10H2,1-2H3,(H,19,21). The predicted octanol–water partition coefficient (Wildman–Crippen LogP) is 3.45. The number of aliphatic hydroxyl groups is 1. The average molecular weight is 306 g/mol. The normalized spacial score (nSPS) is 19.7. The van der Waals surface area contributed by atoms with Crippen LogP contribution in [0, 0.1) is 23.2 Å². The Kier molecular flexibility index (Phi) is 4.92. The Morgan fingerprint density at radius 3 is 2.90 bits per heavy atom. The van der Waals surface area contributed by atoms with Crippen LogP contribution in [-0.4, -0.2) is 17.6 Å². The number of halogens is 1. The quantitative estimate of drug-likeness (QED) is 0.822. The third-order valence-electron chi connectivity index (χ3n) is 4.12. The van der Waals surface area contributed by atoms with E-state index >= 15 is 0 Å². The van der Waals surface area contributed by atoms with Gasteiger partial charge >= 0.3 is 0 Å². The molecule has 2 N–H and O–H groups in total. The summed E-state index contributed by atoms with van der Waals surface area (Å²) in [5.41, 5.74) is 1.30. The number of hydrogen-bond donors (Lipinski definition) is 2. The molecule has 0 aliphatic heterocycles. The van der Waals surface area contributed by atoms with Crippen LogP contribution in [-0.2, 0) is 4.79 Å². The van der Waals surface area contributed by atoms with Gasteiger partial charge in [0.2, 0.25) is 5.91 Å². The van der Waals surface area contributed by atoms with E-state index in [9.17, 15) is 4.79 Å². The van der Waals surface area contributed by atoms with Gasteiger partial charge in [0.25, 0.3) is 0 Å². The largest absolute Gasteiger partial charge is 0.384 e. The van der Waals surface area contributed by atoms with Crippen LogP contribution in [0.5, 0.6) is 0 Å². The van der Waals surface area contributed by atoms with E-state index in [0.717, 1.165) is 19.3 Å². The summed E-state index contributed by atoms with van der Waals surface area (Å²) in [6.07, 6.45) is 3.06. The van der Waals surface area contributed by atoms with E-state index in [1.165, 1.54) is 0 Å². The number of hydrogen-bond acceptors (Lipinski definition) is 2. The summed E-state index contributed by atoms with van der Waals surface area (Å²) in [5, 5.41) is 12.3. The van der Waals surface area contributed by atoms with Crippen molar-refractivity contribution in [1.29, 1.82) is 0 Å². The van der Waals surface area contributed by atoms with E-state index in [-0.39, 0.29) is 23.8 Å². The van der Waals surface area contributed by atoms with Crippen molar-refractivity contribution in [3.63, 3.8) is 0 Å². The van der Waals surface area contributed by atoms with Gasteiger partial charge in [-0.05, 0) is 36.5 Å². The maximum absolute atomic E-state index is 12.5. The molecular weight excluding hydrogens is 286 g/mol. The molecule has 1 aliphatic rings. The summed E-state index contributed by atoms with van der Waals surface area (Å²) in [5.74, 6) is 5.46. The van der Waals surface area contributed by atoms with Crippen LogP contribution < -0.4 is 5.32 Å². The Morgan fingerprint density at radius 1 is 1.52 bits per heavy atom. The molecule has 1 atom stereocenters. The first-order valence-electron chi connectivity index (χ1n) is 7.14. The molecule has 3 nitrogen and oxygen atoms in total. The second-order valence-corrected chi connectivity index (χ2v) is 6.51. The Morgan fingerprint density at radius 2 is 2.29 bits per heavy atom. The number of rotatable bonds is 2. The molecule has 1 saturated carbocycles. The molecule has 0 radical (unpaired) electrons. The number of amides is 1. The first-order chi connectivity index (χ1) is 9.94. The smallest absolute Gasteiger partial charge is 0.228 e. The van der Waals surface area contributed by atoms with Crippen molar-refractivity contribution in [3.05, 3.63) is 28.8 Å². The number of anilines is 1. The van der Waals surface area contributed by atoms with Gasteiger partial charge in [-0.25, -0.2) is 0 Å². The average Bonchev–Trinajstić information content (AvgIpc) is 2.77. The van der Waals surface area contributed by atoms with Crippen LogP contribution in [0.1, 0.15) is 38.7 Å². The van der Waals surface area contributed by atoms with Crippen molar-refractivity contribution in [2.75, 3.05) is 11.9 Å². The Labute approximate surface area is 130 Å². The van der Waals surface area contributed by atoms with Crippen LogP contribution in [0.15, 0.2) is 18.2 Å². The van der Waals surface area contributed by atoms with Crippen molar-refractivity contribution < 1.29 is 9.90 Å². The molecule has 2 rings (SSSR count). The SMILES string of the molecule is CC1(C)CCCC1C(=O)Nc1cc(Cl)ccc1C#CCO. The van der Waals surface area contributed by atoms with Crippen molar-refractivity contribution in [2.45, 2.75) is 33.1 Å². The fraction of sp³-hybridized carbons (Fsp3) is 0.471. The third-order valence-corrected chi connectivity index (χ3v) is 4.35. The van der Waals surface area contributed by atoms with Crippen LogP contribution in [0.25, 0.3) is 0 Å². The summed E-state index contributed by atoms with van der Waals surface area (Å²) < 4.78 is 0. The molecule has 1 amide bonds. The topological polar surface area (TPSA) is 49.3 Å². The predicted molar refractivity (Wildman–Crippen MR) is 85.2 cm³/mol. The van der Waals surface area contributed by atoms with Crippen LogP contribution in [0.2, 0.25) is 5.02 Å². The molecule has 1 unspecified atom stereocenters. The van der Waals surface area contributed by atoms with Gasteiger partial charge in [0.05, 0.1) is 5.69 Å². The van der Waals surface area contributed by atoms with Crippen LogP contribution in [0.4, 0.5) is 5.69 Å². The van der Waals surface area contributed by atoms with E-state index in [1.54, 1.807) is 18.2 Å². The highest BCUT2D eigenvalue weighted by molar-refractivity contribution is 6.31. The summed E-state index contributed by atoms with van der Waals surface area (Å²) in [7, 11) is 0. The van der Waals surface area contributed by atoms with E-state index in [4.69, 9.17) is 16.7 Å². The van der Waals surface area contributed by atoms with Gasteiger partial charge in [0.1, 0.15) is 6.61 Å². The Bertz CT molecular complexity index is 599. The van der Waals surface area contributed by atoms with Gasteiger partial charge in [0, 0.05) is 16.5 Å². The van der Waals surface area contributed by atoms with Gasteiger partial charge in [0.15, 0.2) is 0 Å². The molecule has 1 aromatic rings. The van der Waals surface area contributed by atoms with E-state index in [1.807, 2.05) is 0 Å². The van der Waals surface area contributed by atoms with Crippen molar-refractivity contribution >= 4 is 23.2 Å². The van der Waals surface area contributed by atoms with Gasteiger partial charge in [-0.1, -0.05) is 43.7 Å². The number of carbonyl (C=O) groups is 1. The maximum atomic E-state index is 12.5. The molecule has 0 bridgehead atoms. The second-order valence-electron chi connectivity index (χ2n) is 6.07. The molecule has 0 heterocycles. The van der Waals surface area contributed by atoms with Crippen molar-refractivity contribution in [2.24, 2.45) is 11.3 Å². The van der Waals surface area contributed by atoms with Crippen LogP contribution >= 0.6 is 11.6 Å². The number of carbonyl (C=O) groups excluding carboxylic acids is 1. The van der Waals surface area contributed by atoms with E-state index < -0.39 is 0 Å². The molecule has 1 fully saturated rings. The highest BCUT2D eigenvalue weighted by Crippen LogP contribution is 2.43. The Balaban J connectivity index is 2.22. The second kappa shape index (κ2) is 6.51. The molecule has 21 heavy (non-hydrogen) atoms. The minimum atomic E-state index is -0.217. The van der Waals surface area contributed by atoms with Gasteiger partial charge in [-0.3, -0.25) is 4.79 Å². The lowest BCUT2D eigenvalue weighted by Gasteiger charge is -2.26. The summed E-state index contributed by atoms with van der Waals surface area (Å²) in [6, 6.07) is 5.17. The number of benzene rings is 1. The fourth-order valence-electron chi connectivity index (χ4n) is 2.90. The van der Waals surface area contributed by atoms with Gasteiger partial charge < -0.3 is 10.4 Å². The lowest BCUT2D eigenvalue weighted by Crippen LogP contribution is -2.31. The molecule has 4 heteroatoms. The highest BCUT2D eigenvalue weighted by atomic mass is 35.5. The first kappa shape index (κ1) is 15.9. The molecule has 112 valence electrons. The highest BCUT2D eigenvalue weighted by Gasteiger charge is 2.39. The van der Waals surface area contributed by atoms with Gasteiger partial charge in [-0.15, -0.1) is 0 Å². The zero-order valence-electron chi connectivity index (χ0n) is 12.4. The maximum Gasteiger partial charge on any atom is 0.228 e. The lowest BCUT2D eigenvalue weighted by atomic mass is 9.81. The van der Waals surface area contributed by atoms with Crippen molar-refractivity contribution in [1.82, 2.24) is 0 Å². The first-order valence-corrected chi connectivity index (χ1v) is 7.52. The Hall–Kier alpha value is -1.50. The minimum Gasteiger partial charge on any atom is -0.384 e. The molecule has 1 aliphatic carbocycles. The molecular formula is C17H20ClNO2. The number of aliphatic hydroxyl groups excluding tert-OH is 1. The summed E-state index contributed by atoms with van der Waals surface area (Å²) in [4.78, 5) is 12.5. The zero-order valence-corrected chi connectivity index (χ0v) is 13.1. The van der Waals surface area contributed by atoms with E-state index in [2.05, 4.69) is 31.0 Å². The summed E-state index contributed by atoms with van der Waals surface area (Å²) >= 11 is 6.00. The van der Waals surface area contributed by atoms with Crippen molar-refractivity contribution in [3.8, 4) is 11.8 Å². The summed E-state index contributed by atoms with van der Waals surface area (Å²) in [6.45, 7) is 4.05. The fourth-order valence-corrected chi connectivity index (χ4v) is 3.07. The third kappa shape index (κ3) is 3.78. The number of nitrogens with one attached hydrogen (secondary N) is 1. The molecule has 0 spiro atoms. The monoisotopic (exact) mass is 305 g/mol. The molecule has 0 saturated heterocycles. The minimum absolute atomic E-state index is 0.00938. The lowest BCUT2D eigenvalue weighted by molar-refractivity contribution is -0.122. The molecule has 1 aromatic carbocycles. The molecule has 0 aromatic heterocycles. The van der Waals surface area contributed by atoms with E-state index in [0.29, 0.717) is 16.3 Å².